The van der Waals surface area contributed by atoms with Gasteiger partial charge in [0, 0.05) is 6.42 Å². The van der Waals surface area contributed by atoms with Gasteiger partial charge in [-0.1, -0.05) is 12.5 Å². The van der Waals surface area contributed by atoms with E-state index in [4.69, 9.17) is 0 Å². The van der Waals surface area contributed by atoms with Crippen LogP contribution in [0, 0.1) is 0 Å². The number of ketones is 1. The standard InChI is InChI=1S/C8H14O/c1-5-8(9)7(4)6(2)3/h5H2,1-4H3. The van der Waals surface area contributed by atoms with Crippen LogP contribution < -0.4 is 0 Å². The molecule has 0 aromatic rings. The monoisotopic (exact) mass is 126 g/mol. The molecule has 0 saturated heterocycles. The summed E-state index contributed by atoms with van der Waals surface area (Å²) in [6.45, 7) is 7.68. The van der Waals surface area contributed by atoms with E-state index < -0.39 is 0 Å². The van der Waals surface area contributed by atoms with Crippen LogP contribution in [0.2, 0.25) is 0 Å². The van der Waals surface area contributed by atoms with Crippen molar-refractivity contribution in [3.63, 3.8) is 0 Å². The summed E-state index contributed by atoms with van der Waals surface area (Å²) in [4.78, 5) is 10.9. The van der Waals surface area contributed by atoms with E-state index >= 15 is 0 Å². The van der Waals surface area contributed by atoms with Gasteiger partial charge in [0.2, 0.25) is 0 Å². The number of hydrogen-bond acceptors (Lipinski definition) is 1. The molecule has 0 aliphatic rings. The molecule has 0 aliphatic heterocycles. The normalized spacial score (nSPS) is 8.89. The molecule has 52 valence electrons. The van der Waals surface area contributed by atoms with E-state index in [9.17, 15) is 4.79 Å². The fourth-order valence-electron chi connectivity index (χ4n) is 0.544. The predicted octanol–water partition coefficient (Wildman–Crippen LogP) is 2.32. The van der Waals surface area contributed by atoms with Crippen molar-refractivity contribution < 1.29 is 4.79 Å². The molecular formula is C8H14O. The molecule has 0 aromatic carbocycles. The van der Waals surface area contributed by atoms with Gasteiger partial charge in [-0.05, 0) is 26.3 Å². The average Bonchev–Trinajstić information content (AvgIpc) is 1.84. The van der Waals surface area contributed by atoms with Crippen LogP contribution >= 0.6 is 0 Å². The summed E-state index contributed by atoms with van der Waals surface area (Å²) in [5.41, 5.74) is 2.04. The Hall–Kier alpha value is -0.590. The van der Waals surface area contributed by atoms with Crippen molar-refractivity contribution in [3.8, 4) is 0 Å². The minimum atomic E-state index is 0.259. The second kappa shape index (κ2) is 3.44. The highest BCUT2D eigenvalue weighted by Gasteiger charge is 2.00. The molecule has 0 N–H and O–H groups in total. The molecule has 9 heavy (non-hydrogen) atoms. The SMILES string of the molecule is CCC(=O)C(C)=C(C)C. The Balaban J connectivity index is 4.21. The molecule has 0 rings (SSSR count). The lowest BCUT2D eigenvalue weighted by atomic mass is 10.1. The Morgan fingerprint density at radius 2 is 1.67 bits per heavy atom. The molecule has 0 radical (unpaired) electrons. The molecule has 0 heterocycles. The molecule has 0 bridgehead atoms. The minimum absolute atomic E-state index is 0.259. The highest BCUT2D eigenvalue weighted by Crippen LogP contribution is 2.04. The van der Waals surface area contributed by atoms with Gasteiger partial charge in [0.1, 0.15) is 0 Å². The summed E-state index contributed by atoms with van der Waals surface area (Å²) < 4.78 is 0. The maximum atomic E-state index is 10.9. The molecule has 1 heteroatoms. The summed E-state index contributed by atoms with van der Waals surface area (Å²) in [6, 6.07) is 0. The maximum absolute atomic E-state index is 10.9. The van der Waals surface area contributed by atoms with Gasteiger partial charge in [-0.25, -0.2) is 0 Å². The molecule has 1 nitrogen and oxygen atoms in total. The van der Waals surface area contributed by atoms with Crippen LogP contribution in [0.25, 0.3) is 0 Å². The fourth-order valence-corrected chi connectivity index (χ4v) is 0.544. The molecular weight excluding hydrogens is 112 g/mol. The smallest absolute Gasteiger partial charge is 0.158 e. The molecule has 0 atom stereocenters. The third-order valence-corrected chi connectivity index (χ3v) is 1.49. The quantitative estimate of drug-likeness (QED) is 0.519. The first-order valence-electron chi connectivity index (χ1n) is 3.26. The van der Waals surface area contributed by atoms with Gasteiger partial charge in [0.05, 0.1) is 0 Å². The van der Waals surface area contributed by atoms with Crippen LogP contribution in [-0.4, -0.2) is 5.78 Å². The number of Topliss-reactive ketones (excluding diaryl/α,β-unsaturated/α-hetero) is 1. The van der Waals surface area contributed by atoms with E-state index in [1.807, 2.05) is 27.7 Å². The Morgan fingerprint density at radius 1 is 1.22 bits per heavy atom. The Morgan fingerprint density at radius 3 is 1.78 bits per heavy atom. The zero-order valence-corrected chi connectivity index (χ0v) is 6.62. The number of hydrogen-bond donors (Lipinski definition) is 0. The van der Waals surface area contributed by atoms with Gasteiger partial charge in [0.15, 0.2) is 5.78 Å². The van der Waals surface area contributed by atoms with Gasteiger partial charge in [-0.15, -0.1) is 0 Å². The predicted molar refractivity (Wildman–Crippen MR) is 39.3 cm³/mol. The Labute approximate surface area is 56.8 Å². The first kappa shape index (κ1) is 8.41. The van der Waals surface area contributed by atoms with Crippen molar-refractivity contribution in [1.29, 1.82) is 0 Å². The molecule has 0 unspecified atom stereocenters. The van der Waals surface area contributed by atoms with Crippen molar-refractivity contribution in [2.75, 3.05) is 0 Å². The molecule has 0 spiro atoms. The lowest BCUT2D eigenvalue weighted by Gasteiger charge is -1.97. The van der Waals surface area contributed by atoms with E-state index in [0.717, 1.165) is 11.1 Å². The van der Waals surface area contributed by atoms with Gasteiger partial charge >= 0.3 is 0 Å². The van der Waals surface area contributed by atoms with E-state index in [0.29, 0.717) is 6.42 Å². The van der Waals surface area contributed by atoms with E-state index in [1.165, 1.54) is 0 Å². The highest BCUT2D eigenvalue weighted by atomic mass is 16.1. The molecule has 0 aliphatic carbocycles. The van der Waals surface area contributed by atoms with Gasteiger partial charge in [-0.3, -0.25) is 4.79 Å². The van der Waals surface area contributed by atoms with E-state index in [1.54, 1.807) is 0 Å². The number of allylic oxidation sites excluding steroid dienone is 2. The lowest BCUT2D eigenvalue weighted by Crippen LogP contribution is -1.97. The summed E-state index contributed by atoms with van der Waals surface area (Å²) in [7, 11) is 0. The molecule has 0 saturated carbocycles. The number of rotatable bonds is 2. The third kappa shape index (κ3) is 2.45. The van der Waals surface area contributed by atoms with Crippen molar-refractivity contribution in [2.45, 2.75) is 34.1 Å². The number of carbonyl (C=O) groups is 1. The third-order valence-electron chi connectivity index (χ3n) is 1.49. The Kier molecular flexibility index (Phi) is 3.21. The van der Waals surface area contributed by atoms with Gasteiger partial charge in [-0.2, -0.15) is 0 Å². The topological polar surface area (TPSA) is 17.1 Å². The Bertz CT molecular complexity index is 139. The minimum Gasteiger partial charge on any atom is -0.295 e. The van der Waals surface area contributed by atoms with Crippen LogP contribution in [0.15, 0.2) is 11.1 Å². The molecule has 0 fully saturated rings. The van der Waals surface area contributed by atoms with Gasteiger partial charge in [0.25, 0.3) is 0 Å². The van der Waals surface area contributed by atoms with Crippen LogP contribution in [0.5, 0.6) is 0 Å². The lowest BCUT2D eigenvalue weighted by molar-refractivity contribution is -0.115. The van der Waals surface area contributed by atoms with Crippen LogP contribution in [0.1, 0.15) is 34.1 Å². The van der Waals surface area contributed by atoms with Crippen LogP contribution in [-0.2, 0) is 4.79 Å². The van der Waals surface area contributed by atoms with Crippen molar-refractivity contribution in [3.05, 3.63) is 11.1 Å². The first-order chi connectivity index (χ1) is 4.09. The summed E-state index contributed by atoms with van der Waals surface area (Å²) in [5, 5.41) is 0. The zero-order chi connectivity index (χ0) is 7.44. The van der Waals surface area contributed by atoms with Crippen LogP contribution in [0.3, 0.4) is 0 Å². The number of carbonyl (C=O) groups excluding carboxylic acids is 1. The second-order valence-electron chi connectivity index (χ2n) is 2.40. The van der Waals surface area contributed by atoms with Crippen molar-refractivity contribution >= 4 is 5.78 Å². The second-order valence-corrected chi connectivity index (χ2v) is 2.40. The average molecular weight is 126 g/mol. The van der Waals surface area contributed by atoms with E-state index in [-0.39, 0.29) is 5.78 Å². The van der Waals surface area contributed by atoms with Crippen molar-refractivity contribution in [1.82, 2.24) is 0 Å². The van der Waals surface area contributed by atoms with E-state index in [2.05, 4.69) is 0 Å². The largest absolute Gasteiger partial charge is 0.295 e. The van der Waals surface area contributed by atoms with Crippen LogP contribution in [0.4, 0.5) is 0 Å². The van der Waals surface area contributed by atoms with Crippen molar-refractivity contribution in [2.24, 2.45) is 0 Å². The highest BCUT2D eigenvalue weighted by molar-refractivity contribution is 5.95. The molecule has 0 amide bonds. The summed E-state index contributed by atoms with van der Waals surface area (Å²) >= 11 is 0. The molecule has 0 aromatic heterocycles. The fraction of sp³-hybridized carbons (Fsp3) is 0.625. The maximum Gasteiger partial charge on any atom is 0.158 e. The van der Waals surface area contributed by atoms with Gasteiger partial charge < -0.3 is 0 Å². The zero-order valence-electron chi connectivity index (χ0n) is 6.62. The summed E-state index contributed by atoms with van der Waals surface area (Å²) in [6.07, 6.45) is 0.622. The summed E-state index contributed by atoms with van der Waals surface area (Å²) in [5.74, 6) is 0.259. The first-order valence-corrected chi connectivity index (χ1v) is 3.26.